The summed E-state index contributed by atoms with van der Waals surface area (Å²) in [6, 6.07) is 48.1. The van der Waals surface area contributed by atoms with Crippen LogP contribution in [0.1, 0.15) is 84.1 Å². The molecule has 0 saturated heterocycles. The first-order valence-corrected chi connectivity index (χ1v) is 17.4. The summed E-state index contributed by atoms with van der Waals surface area (Å²) in [6.45, 7) is 4.23. The van der Waals surface area contributed by atoms with E-state index in [1.54, 1.807) is 36.4 Å². The van der Waals surface area contributed by atoms with Crippen molar-refractivity contribution in [3.63, 3.8) is 0 Å². The predicted octanol–water partition coefficient (Wildman–Crippen LogP) is 10.7. The smallest absolute Gasteiger partial charge is 0.193 e. The lowest BCUT2D eigenvalue weighted by Gasteiger charge is -2.39. The summed E-state index contributed by atoms with van der Waals surface area (Å²) >= 11 is 0. The maximum absolute atomic E-state index is 11.8. The first-order valence-electron chi connectivity index (χ1n) is 17.4. The Balaban J connectivity index is 0.000000151. The van der Waals surface area contributed by atoms with E-state index in [1.807, 2.05) is 121 Å². The lowest BCUT2D eigenvalue weighted by atomic mass is 9.65. The minimum absolute atomic E-state index is 0.0752. The van der Waals surface area contributed by atoms with Gasteiger partial charge in [0, 0.05) is 33.1 Å². The minimum atomic E-state index is -0.255. The average Bonchev–Trinajstić information content (AvgIpc) is 3.17. The van der Waals surface area contributed by atoms with Crippen LogP contribution >= 0.6 is 0 Å². The van der Waals surface area contributed by atoms with Crippen molar-refractivity contribution in [2.24, 2.45) is 0 Å². The molecule has 0 atom stereocenters. The number of aromatic hydroxyl groups is 4. The van der Waals surface area contributed by atoms with Crippen molar-refractivity contribution in [3.8, 4) is 23.0 Å². The number of phenolic OH excluding ortho intramolecular Hbond substituents is 4. The van der Waals surface area contributed by atoms with Crippen LogP contribution in [-0.2, 0) is 10.8 Å². The zero-order valence-electron chi connectivity index (χ0n) is 29.2. The van der Waals surface area contributed by atoms with E-state index in [2.05, 4.69) is 13.8 Å². The number of carbonyl (C=O) groups excluding carboxylic acids is 1. The molecule has 5 heteroatoms. The third-order valence-corrected chi connectivity index (χ3v) is 9.80. The van der Waals surface area contributed by atoms with Gasteiger partial charge in [-0.05, 0) is 60.4 Å². The zero-order valence-corrected chi connectivity index (χ0v) is 29.2. The van der Waals surface area contributed by atoms with E-state index in [-0.39, 0.29) is 28.1 Å². The molecule has 1 saturated carbocycles. The molecule has 0 bridgehead atoms. The van der Waals surface area contributed by atoms with E-state index in [0.29, 0.717) is 11.5 Å². The topological polar surface area (TPSA) is 98.0 Å². The quantitative estimate of drug-likeness (QED) is 0.131. The van der Waals surface area contributed by atoms with Crippen LogP contribution in [0.25, 0.3) is 0 Å². The lowest BCUT2D eigenvalue weighted by Crippen LogP contribution is -2.30. The molecule has 0 unspecified atom stereocenters. The third kappa shape index (κ3) is 8.87. The third-order valence-electron chi connectivity index (χ3n) is 9.80. The van der Waals surface area contributed by atoms with Crippen LogP contribution in [0, 0.1) is 0 Å². The lowest BCUT2D eigenvalue weighted by molar-refractivity contribution is 0.103. The fourth-order valence-electron chi connectivity index (χ4n) is 6.86. The molecule has 6 aromatic rings. The molecule has 7 rings (SSSR count). The fraction of sp³-hybridized carbons (Fsp3) is 0.196. The Morgan fingerprint density at radius 3 is 1.20 bits per heavy atom. The average molecular weight is 679 g/mol. The molecule has 0 radical (unpaired) electrons. The molecule has 0 amide bonds. The van der Waals surface area contributed by atoms with Crippen molar-refractivity contribution < 1.29 is 25.2 Å². The Labute approximate surface area is 301 Å². The van der Waals surface area contributed by atoms with Crippen LogP contribution in [0.3, 0.4) is 0 Å². The number of rotatable bonds is 6. The molecule has 0 heterocycles. The minimum Gasteiger partial charge on any atom is -0.508 e. The largest absolute Gasteiger partial charge is 0.508 e. The van der Waals surface area contributed by atoms with Gasteiger partial charge in [0.15, 0.2) is 5.78 Å². The summed E-state index contributed by atoms with van der Waals surface area (Å²) in [5.74, 6) is 1.28. The second kappa shape index (κ2) is 16.7. The highest BCUT2D eigenvalue weighted by molar-refractivity contribution is 6.08. The van der Waals surface area contributed by atoms with Crippen molar-refractivity contribution >= 4 is 5.78 Å². The zero-order chi connectivity index (χ0) is 36.3. The van der Waals surface area contributed by atoms with Gasteiger partial charge in [0.25, 0.3) is 0 Å². The van der Waals surface area contributed by atoms with Gasteiger partial charge in [0.1, 0.15) is 23.0 Å². The van der Waals surface area contributed by atoms with E-state index < -0.39 is 0 Å². The molecule has 4 N–H and O–H groups in total. The van der Waals surface area contributed by atoms with Crippen LogP contribution in [-0.4, -0.2) is 26.2 Å². The number of hydrogen-bond donors (Lipinski definition) is 4. The molecule has 0 aliphatic heterocycles. The fourth-order valence-corrected chi connectivity index (χ4v) is 6.86. The van der Waals surface area contributed by atoms with Crippen molar-refractivity contribution in [2.45, 2.75) is 56.8 Å². The maximum atomic E-state index is 11.8. The van der Waals surface area contributed by atoms with Crippen LogP contribution < -0.4 is 0 Å². The number of carbonyl (C=O) groups is 1. The highest BCUT2D eigenvalue weighted by Crippen LogP contribution is 2.50. The SMILES string of the molecule is CC(C)(c1ccc(O)cc1)c1ccc(O)cc1.O=C(c1ccccc1)c1ccccc1.Oc1ccccc1C1(c2ccccc2O)CCCCC1. The van der Waals surface area contributed by atoms with Gasteiger partial charge < -0.3 is 20.4 Å². The van der Waals surface area contributed by atoms with Gasteiger partial charge in [-0.15, -0.1) is 0 Å². The number of phenols is 4. The summed E-state index contributed by atoms with van der Waals surface area (Å²) in [7, 11) is 0. The molecule has 6 aromatic carbocycles. The Hall–Kier alpha value is -5.81. The van der Waals surface area contributed by atoms with Crippen LogP contribution in [0.4, 0.5) is 0 Å². The predicted molar refractivity (Wildman–Crippen MR) is 205 cm³/mol. The number of hydrogen-bond acceptors (Lipinski definition) is 5. The van der Waals surface area contributed by atoms with Crippen LogP contribution in [0.2, 0.25) is 0 Å². The normalized spacial score (nSPS) is 13.5. The van der Waals surface area contributed by atoms with Gasteiger partial charge in [-0.2, -0.15) is 0 Å². The van der Waals surface area contributed by atoms with Gasteiger partial charge in [-0.3, -0.25) is 4.79 Å². The summed E-state index contributed by atoms with van der Waals surface area (Å²) in [6.07, 6.45) is 5.43. The molecule has 1 fully saturated rings. The standard InChI is InChI=1S/C18H20O2.C15H16O2.C13H10O/c19-16-10-4-2-8-14(16)18(12-6-1-7-13-18)15-9-3-5-11-17(15)20;1-15(2,11-3-7-13(16)8-4-11)12-5-9-14(17)10-6-12;14-13(11-7-3-1-4-8-11)12-9-5-2-6-10-12/h2-5,8-11,19-20H,1,6-7,12-13H2;3-10,16-17H,1-2H3;1-10H. The Kier molecular flexibility index (Phi) is 12.0. The molecule has 1 aliphatic rings. The van der Waals surface area contributed by atoms with Crippen molar-refractivity contribution in [1.29, 1.82) is 0 Å². The van der Waals surface area contributed by atoms with Gasteiger partial charge in [0.2, 0.25) is 0 Å². The number of benzene rings is 6. The summed E-state index contributed by atoms with van der Waals surface area (Å²) in [5, 5.41) is 39.2. The van der Waals surface area contributed by atoms with Crippen molar-refractivity contribution in [2.75, 3.05) is 0 Å². The van der Waals surface area contributed by atoms with Crippen LogP contribution in [0.5, 0.6) is 23.0 Å². The van der Waals surface area contributed by atoms with Gasteiger partial charge in [-0.1, -0.05) is 154 Å². The van der Waals surface area contributed by atoms with E-state index in [0.717, 1.165) is 59.1 Å². The van der Waals surface area contributed by atoms with E-state index in [4.69, 9.17) is 0 Å². The van der Waals surface area contributed by atoms with Gasteiger partial charge in [0.05, 0.1) is 0 Å². The second-order valence-electron chi connectivity index (χ2n) is 13.5. The molecule has 5 nitrogen and oxygen atoms in total. The molecule has 51 heavy (non-hydrogen) atoms. The Bertz CT molecular complexity index is 1840. The second-order valence-corrected chi connectivity index (χ2v) is 13.5. The van der Waals surface area contributed by atoms with Crippen LogP contribution in [0.15, 0.2) is 158 Å². The molecular weight excluding hydrogens is 633 g/mol. The Morgan fingerprint density at radius 2 is 0.824 bits per heavy atom. The summed E-state index contributed by atoms with van der Waals surface area (Å²) < 4.78 is 0. The van der Waals surface area contributed by atoms with E-state index >= 15 is 0 Å². The molecule has 0 spiro atoms. The van der Waals surface area contributed by atoms with Crippen molar-refractivity contribution in [1.82, 2.24) is 0 Å². The molecule has 1 aliphatic carbocycles. The monoisotopic (exact) mass is 678 g/mol. The highest BCUT2D eigenvalue weighted by Gasteiger charge is 2.39. The van der Waals surface area contributed by atoms with Gasteiger partial charge in [-0.25, -0.2) is 0 Å². The van der Waals surface area contributed by atoms with Crippen molar-refractivity contribution in [3.05, 3.63) is 191 Å². The Morgan fingerprint density at radius 1 is 0.471 bits per heavy atom. The number of ketones is 1. The first-order chi connectivity index (χ1) is 24.6. The summed E-state index contributed by atoms with van der Waals surface area (Å²) in [5.41, 5.74) is 5.21. The molecule has 260 valence electrons. The highest BCUT2D eigenvalue weighted by atomic mass is 16.3. The number of para-hydroxylation sites is 2. The van der Waals surface area contributed by atoms with E-state index in [1.165, 1.54) is 6.42 Å². The van der Waals surface area contributed by atoms with E-state index in [9.17, 15) is 25.2 Å². The van der Waals surface area contributed by atoms with Gasteiger partial charge >= 0.3 is 0 Å². The summed E-state index contributed by atoms with van der Waals surface area (Å²) in [4.78, 5) is 11.8. The molecule has 0 aromatic heterocycles. The molecular formula is C46H46O5. The maximum Gasteiger partial charge on any atom is 0.193 e. The first kappa shape index (κ1) is 36.5.